The highest BCUT2D eigenvalue weighted by molar-refractivity contribution is 5.91. The number of piperidine rings is 1. The number of aromatic nitrogens is 1. The first-order chi connectivity index (χ1) is 13.2. The predicted molar refractivity (Wildman–Crippen MR) is 99.9 cm³/mol. The fraction of sp³-hybridized carbons (Fsp3) is 0.524. The molecule has 1 aromatic heterocycles. The Hall–Kier alpha value is -2.21. The molecule has 1 aliphatic heterocycles. The van der Waals surface area contributed by atoms with Gasteiger partial charge in [0, 0.05) is 24.6 Å². The van der Waals surface area contributed by atoms with Crippen LogP contribution in [0.2, 0.25) is 0 Å². The lowest BCUT2D eigenvalue weighted by atomic mass is 9.93. The van der Waals surface area contributed by atoms with Gasteiger partial charge in [-0.15, -0.1) is 0 Å². The van der Waals surface area contributed by atoms with Crippen LogP contribution >= 0.6 is 0 Å². The van der Waals surface area contributed by atoms with Gasteiger partial charge in [0.25, 0.3) is 5.91 Å². The molecule has 0 bridgehead atoms. The molecule has 0 atom stereocenters. The van der Waals surface area contributed by atoms with Crippen LogP contribution in [0.25, 0.3) is 0 Å². The Labute approximate surface area is 158 Å². The van der Waals surface area contributed by atoms with E-state index in [9.17, 15) is 9.18 Å². The molecule has 1 amide bonds. The topological polar surface area (TPSA) is 58.4 Å². The van der Waals surface area contributed by atoms with E-state index in [4.69, 9.17) is 4.52 Å². The summed E-state index contributed by atoms with van der Waals surface area (Å²) in [6, 6.07) is 8.86. The Kier molecular flexibility index (Phi) is 5.53. The summed E-state index contributed by atoms with van der Waals surface area (Å²) in [5.41, 5.74) is 1.87. The van der Waals surface area contributed by atoms with Crippen molar-refractivity contribution in [2.45, 2.75) is 57.0 Å². The number of nitrogens with zero attached hydrogens (tertiary/aromatic N) is 2. The third kappa shape index (κ3) is 4.56. The standard InChI is InChI=1S/C21H26FN3O2/c22-17-5-3-4-15(12-17)14-25-10-8-16(9-11-25)19-13-20(27-24-19)21(26)23-18-6-1-2-7-18/h3-5,12-13,16,18H,1-2,6-11,14H2,(H,23,26). The van der Waals surface area contributed by atoms with Crippen LogP contribution in [0.5, 0.6) is 0 Å². The van der Waals surface area contributed by atoms with Crippen molar-refractivity contribution in [1.29, 1.82) is 0 Å². The number of hydrogen-bond donors (Lipinski definition) is 1. The van der Waals surface area contributed by atoms with Crippen molar-refractivity contribution >= 4 is 5.91 Å². The molecular weight excluding hydrogens is 345 g/mol. The van der Waals surface area contributed by atoms with E-state index in [1.54, 1.807) is 18.2 Å². The summed E-state index contributed by atoms with van der Waals surface area (Å²) in [4.78, 5) is 14.6. The normalized spacial score (nSPS) is 19.4. The van der Waals surface area contributed by atoms with Gasteiger partial charge in [0.2, 0.25) is 5.76 Å². The third-order valence-electron chi connectivity index (χ3n) is 5.74. The fourth-order valence-electron chi connectivity index (χ4n) is 4.20. The highest BCUT2D eigenvalue weighted by Gasteiger charge is 2.26. The zero-order chi connectivity index (χ0) is 18.6. The zero-order valence-corrected chi connectivity index (χ0v) is 15.5. The summed E-state index contributed by atoms with van der Waals surface area (Å²) in [6.07, 6.45) is 6.39. The first-order valence-corrected chi connectivity index (χ1v) is 9.91. The second-order valence-corrected chi connectivity index (χ2v) is 7.75. The van der Waals surface area contributed by atoms with Crippen LogP contribution in [0, 0.1) is 5.82 Å². The van der Waals surface area contributed by atoms with E-state index < -0.39 is 0 Å². The van der Waals surface area contributed by atoms with Gasteiger partial charge in [0.1, 0.15) is 5.82 Å². The van der Waals surface area contributed by atoms with Crippen LogP contribution < -0.4 is 5.32 Å². The van der Waals surface area contributed by atoms with Crippen LogP contribution in [0.3, 0.4) is 0 Å². The summed E-state index contributed by atoms with van der Waals surface area (Å²) in [7, 11) is 0. The van der Waals surface area contributed by atoms with E-state index in [2.05, 4.69) is 15.4 Å². The van der Waals surface area contributed by atoms with Gasteiger partial charge in [-0.25, -0.2) is 4.39 Å². The average molecular weight is 371 g/mol. The van der Waals surface area contributed by atoms with Gasteiger partial charge in [0.15, 0.2) is 0 Å². The number of amides is 1. The summed E-state index contributed by atoms with van der Waals surface area (Å²) >= 11 is 0. The van der Waals surface area contributed by atoms with Crippen LogP contribution in [0.15, 0.2) is 34.9 Å². The zero-order valence-electron chi connectivity index (χ0n) is 15.5. The van der Waals surface area contributed by atoms with Crippen LogP contribution in [0.1, 0.15) is 66.3 Å². The number of nitrogens with one attached hydrogen (secondary N) is 1. The third-order valence-corrected chi connectivity index (χ3v) is 5.74. The van der Waals surface area contributed by atoms with E-state index >= 15 is 0 Å². The maximum Gasteiger partial charge on any atom is 0.290 e. The van der Waals surface area contributed by atoms with E-state index in [1.807, 2.05) is 6.07 Å². The molecule has 2 aliphatic rings. The van der Waals surface area contributed by atoms with Crippen molar-refractivity contribution in [1.82, 2.24) is 15.4 Å². The Morgan fingerprint density at radius 1 is 1.19 bits per heavy atom. The molecule has 27 heavy (non-hydrogen) atoms. The van der Waals surface area contributed by atoms with Gasteiger partial charge < -0.3 is 9.84 Å². The molecule has 6 heteroatoms. The van der Waals surface area contributed by atoms with E-state index in [0.29, 0.717) is 11.7 Å². The van der Waals surface area contributed by atoms with E-state index in [0.717, 1.165) is 56.6 Å². The lowest BCUT2D eigenvalue weighted by molar-refractivity contribution is 0.0900. The Bertz CT molecular complexity index is 777. The number of benzene rings is 1. The first-order valence-electron chi connectivity index (χ1n) is 9.91. The molecule has 4 rings (SSSR count). The minimum Gasteiger partial charge on any atom is -0.351 e. The maximum atomic E-state index is 13.3. The van der Waals surface area contributed by atoms with Crippen LogP contribution in [0.4, 0.5) is 4.39 Å². The van der Waals surface area contributed by atoms with Gasteiger partial charge in [-0.05, 0) is 56.5 Å². The molecule has 0 spiro atoms. The molecule has 1 saturated heterocycles. The van der Waals surface area contributed by atoms with Gasteiger partial charge >= 0.3 is 0 Å². The lowest BCUT2D eigenvalue weighted by Crippen LogP contribution is -2.33. The molecule has 2 aromatic rings. The number of hydrogen-bond acceptors (Lipinski definition) is 4. The number of likely N-dealkylation sites (tertiary alicyclic amines) is 1. The molecule has 0 unspecified atom stereocenters. The lowest BCUT2D eigenvalue weighted by Gasteiger charge is -2.31. The highest BCUT2D eigenvalue weighted by atomic mass is 19.1. The number of carbonyl (C=O) groups is 1. The molecule has 1 aromatic carbocycles. The molecule has 1 saturated carbocycles. The summed E-state index contributed by atoms with van der Waals surface area (Å²) in [5.74, 6) is 0.294. The van der Waals surface area contributed by atoms with Crippen molar-refractivity contribution in [3.63, 3.8) is 0 Å². The first kappa shape index (κ1) is 18.2. The Morgan fingerprint density at radius 3 is 2.70 bits per heavy atom. The van der Waals surface area contributed by atoms with E-state index in [-0.39, 0.29) is 17.8 Å². The molecule has 1 aliphatic carbocycles. The van der Waals surface area contributed by atoms with Crippen molar-refractivity contribution < 1.29 is 13.7 Å². The van der Waals surface area contributed by atoms with Gasteiger partial charge in [-0.3, -0.25) is 9.69 Å². The Morgan fingerprint density at radius 2 is 1.96 bits per heavy atom. The number of rotatable bonds is 5. The van der Waals surface area contributed by atoms with Gasteiger partial charge in [-0.1, -0.05) is 30.1 Å². The largest absolute Gasteiger partial charge is 0.351 e. The second-order valence-electron chi connectivity index (χ2n) is 7.75. The molecule has 2 heterocycles. The second kappa shape index (κ2) is 8.21. The minimum absolute atomic E-state index is 0.149. The summed E-state index contributed by atoms with van der Waals surface area (Å²) < 4.78 is 18.6. The molecular formula is C21H26FN3O2. The average Bonchev–Trinajstić information content (AvgIpc) is 3.34. The molecule has 5 nitrogen and oxygen atoms in total. The van der Waals surface area contributed by atoms with Gasteiger partial charge in [0.05, 0.1) is 5.69 Å². The van der Waals surface area contributed by atoms with Crippen LogP contribution in [-0.2, 0) is 6.54 Å². The smallest absolute Gasteiger partial charge is 0.290 e. The number of carbonyl (C=O) groups excluding carboxylic acids is 1. The van der Waals surface area contributed by atoms with E-state index in [1.165, 1.54) is 18.9 Å². The minimum atomic E-state index is -0.187. The van der Waals surface area contributed by atoms with Crippen molar-refractivity contribution in [2.24, 2.45) is 0 Å². The van der Waals surface area contributed by atoms with Crippen molar-refractivity contribution in [3.05, 3.63) is 53.2 Å². The quantitative estimate of drug-likeness (QED) is 0.867. The maximum absolute atomic E-state index is 13.3. The Balaban J connectivity index is 1.29. The number of halogens is 1. The van der Waals surface area contributed by atoms with Gasteiger partial charge in [-0.2, -0.15) is 0 Å². The summed E-state index contributed by atoms with van der Waals surface area (Å²) in [5, 5.41) is 7.19. The predicted octanol–water partition coefficient (Wildman–Crippen LogP) is 3.87. The SMILES string of the molecule is O=C(NC1CCCC1)c1cc(C2CCN(Cc3cccc(F)c3)CC2)no1. The molecule has 144 valence electrons. The highest BCUT2D eigenvalue weighted by Crippen LogP contribution is 2.28. The van der Waals surface area contributed by atoms with Crippen molar-refractivity contribution in [3.8, 4) is 0 Å². The fourth-order valence-corrected chi connectivity index (χ4v) is 4.20. The summed E-state index contributed by atoms with van der Waals surface area (Å²) in [6.45, 7) is 2.62. The molecule has 0 radical (unpaired) electrons. The monoisotopic (exact) mass is 371 g/mol. The molecule has 2 fully saturated rings. The molecule has 1 N–H and O–H groups in total. The van der Waals surface area contributed by atoms with Crippen molar-refractivity contribution in [2.75, 3.05) is 13.1 Å². The van der Waals surface area contributed by atoms with Crippen LogP contribution in [-0.4, -0.2) is 35.1 Å².